The van der Waals surface area contributed by atoms with Gasteiger partial charge in [0.25, 0.3) is 0 Å². The fraction of sp³-hybridized carbons (Fsp3) is 0.611. The average molecular weight is 448 g/mol. The van der Waals surface area contributed by atoms with Crippen LogP contribution in [0.4, 0.5) is 4.39 Å². The number of rotatable bonds is 7. The van der Waals surface area contributed by atoms with Gasteiger partial charge in [-0.1, -0.05) is 25.1 Å². The fourth-order valence-electron chi connectivity index (χ4n) is 3.07. The average Bonchev–Trinajstić information content (AvgIpc) is 3.02. The number of likely N-dealkylation sites (N-methyl/N-ethyl adjacent to an activating group) is 1. The molecule has 0 aromatic heterocycles. The summed E-state index contributed by atoms with van der Waals surface area (Å²) in [5, 5.41) is 6.57. The van der Waals surface area contributed by atoms with Gasteiger partial charge in [0, 0.05) is 19.1 Å². The SMILES string of the molecule is CCNC(=NCC1CCCN1CC)NCCc1ccccc1F.I. The van der Waals surface area contributed by atoms with Crippen LogP contribution in [0, 0.1) is 5.82 Å². The smallest absolute Gasteiger partial charge is 0.191 e. The van der Waals surface area contributed by atoms with Crippen molar-refractivity contribution in [2.24, 2.45) is 4.99 Å². The van der Waals surface area contributed by atoms with Crippen molar-refractivity contribution in [1.29, 1.82) is 0 Å². The van der Waals surface area contributed by atoms with Gasteiger partial charge in [-0.3, -0.25) is 9.89 Å². The molecular formula is C18H30FIN4. The number of nitrogens with one attached hydrogen (secondary N) is 2. The second-order valence-electron chi connectivity index (χ2n) is 5.91. The number of hydrogen-bond acceptors (Lipinski definition) is 2. The van der Waals surface area contributed by atoms with Crippen molar-refractivity contribution in [2.75, 3.05) is 32.7 Å². The Morgan fingerprint density at radius 2 is 2.08 bits per heavy atom. The lowest BCUT2D eigenvalue weighted by atomic mass is 10.1. The van der Waals surface area contributed by atoms with Crippen molar-refractivity contribution in [3.8, 4) is 0 Å². The maximum atomic E-state index is 13.6. The molecule has 1 unspecified atom stereocenters. The van der Waals surface area contributed by atoms with E-state index < -0.39 is 0 Å². The minimum absolute atomic E-state index is 0. The molecule has 4 nitrogen and oxygen atoms in total. The van der Waals surface area contributed by atoms with Gasteiger partial charge < -0.3 is 10.6 Å². The third kappa shape index (κ3) is 6.55. The molecule has 0 spiro atoms. The van der Waals surface area contributed by atoms with Gasteiger partial charge in [0.15, 0.2) is 5.96 Å². The number of halogens is 2. The van der Waals surface area contributed by atoms with Crippen molar-refractivity contribution < 1.29 is 4.39 Å². The number of nitrogens with zero attached hydrogens (tertiary/aromatic N) is 2. The third-order valence-corrected chi connectivity index (χ3v) is 4.35. The maximum absolute atomic E-state index is 13.6. The Morgan fingerprint density at radius 3 is 2.79 bits per heavy atom. The van der Waals surface area contributed by atoms with Crippen LogP contribution < -0.4 is 10.6 Å². The minimum atomic E-state index is -0.138. The van der Waals surface area contributed by atoms with Gasteiger partial charge in [-0.15, -0.1) is 24.0 Å². The van der Waals surface area contributed by atoms with E-state index in [0.29, 0.717) is 19.0 Å². The summed E-state index contributed by atoms with van der Waals surface area (Å²) in [5.74, 6) is 0.688. The highest BCUT2D eigenvalue weighted by Crippen LogP contribution is 2.16. The molecule has 1 aliphatic rings. The highest BCUT2D eigenvalue weighted by molar-refractivity contribution is 14.0. The third-order valence-electron chi connectivity index (χ3n) is 4.35. The van der Waals surface area contributed by atoms with Crippen LogP contribution in [-0.4, -0.2) is 49.6 Å². The first-order valence-electron chi connectivity index (χ1n) is 8.74. The zero-order chi connectivity index (χ0) is 16.5. The molecule has 136 valence electrons. The maximum Gasteiger partial charge on any atom is 0.191 e. The molecule has 1 aromatic carbocycles. The van der Waals surface area contributed by atoms with Gasteiger partial charge >= 0.3 is 0 Å². The molecule has 0 aliphatic carbocycles. The van der Waals surface area contributed by atoms with Crippen LogP contribution in [0.25, 0.3) is 0 Å². The van der Waals surface area contributed by atoms with Gasteiger partial charge in [-0.2, -0.15) is 0 Å². The molecule has 1 saturated heterocycles. The number of guanidine groups is 1. The Morgan fingerprint density at radius 1 is 1.29 bits per heavy atom. The summed E-state index contributed by atoms with van der Waals surface area (Å²) in [6, 6.07) is 7.49. The zero-order valence-electron chi connectivity index (χ0n) is 14.7. The number of hydrogen-bond donors (Lipinski definition) is 2. The largest absolute Gasteiger partial charge is 0.357 e. The van der Waals surface area contributed by atoms with E-state index >= 15 is 0 Å². The molecule has 0 bridgehead atoms. The summed E-state index contributed by atoms with van der Waals surface area (Å²) in [6.07, 6.45) is 3.15. The molecule has 6 heteroatoms. The van der Waals surface area contributed by atoms with Gasteiger partial charge in [-0.05, 0) is 50.9 Å². The van der Waals surface area contributed by atoms with Crippen molar-refractivity contribution >= 4 is 29.9 Å². The van der Waals surface area contributed by atoms with E-state index in [9.17, 15) is 4.39 Å². The summed E-state index contributed by atoms with van der Waals surface area (Å²) in [4.78, 5) is 7.20. The Bertz CT molecular complexity index is 510. The number of benzene rings is 1. The van der Waals surface area contributed by atoms with E-state index in [2.05, 4.69) is 29.4 Å². The molecule has 24 heavy (non-hydrogen) atoms. The number of aliphatic imine (C=N–C) groups is 1. The number of likely N-dealkylation sites (tertiary alicyclic amines) is 1. The summed E-state index contributed by atoms with van der Waals surface area (Å²) < 4.78 is 13.6. The summed E-state index contributed by atoms with van der Waals surface area (Å²) in [7, 11) is 0. The lowest BCUT2D eigenvalue weighted by molar-refractivity contribution is 0.273. The van der Waals surface area contributed by atoms with Crippen LogP contribution in [0.15, 0.2) is 29.3 Å². The molecule has 0 amide bonds. The van der Waals surface area contributed by atoms with Gasteiger partial charge in [-0.25, -0.2) is 4.39 Å². The van der Waals surface area contributed by atoms with E-state index in [0.717, 1.165) is 31.2 Å². The van der Waals surface area contributed by atoms with E-state index in [1.165, 1.54) is 25.5 Å². The van der Waals surface area contributed by atoms with E-state index in [4.69, 9.17) is 4.99 Å². The first kappa shape index (κ1) is 21.2. The van der Waals surface area contributed by atoms with Gasteiger partial charge in [0.05, 0.1) is 6.54 Å². The highest BCUT2D eigenvalue weighted by atomic mass is 127. The quantitative estimate of drug-likeness (QED) is 0.383. The molecule has 0 radical (unpaired) electrons. The zero-order valence-corrected chi connectivity index (χ0v) is 17.1. The van der Waals surface area contributed by atoms with Crippen LogP contribution in [-0.2, 0) is 6.42 Å². The van der Waals surface area contributed by atoms with Crippen LogP contribution in [0.2, 0.25) is 0 Å². The predicted octanol–water partition coefficient (Wildman–Crippen LogP) is 3.03. The Hall–Kier alpha value is -0.890. The second kappa shape index (κ2) is 11.6. The monoisotopic (exact) mass is 448 g/mol. The van der Waals surface area contributed by atoms with Gasteiger partial charge in [0.2, 0.25) is 0 Å². The van der Waals surface area contributed by atoms with Crippen molar-refractivity contribution in [3.05, 3.63) is 35.6 Å². The van der Waals surface area contributed by atoms with Crippen LogP contribution >= 0.6 is 24.0 Å². The van der Waals surface area contributed by atoms with E-state index in [1.807, 2.05) is 12.1 Å². The summed E-state index contributed by atoms with van der Waals surface area (Å²) in [6.45, 7) is 8.87. The van der Waals surface area contributed by atoms with Crippen LogP contribution in [0.5, 0.6) is 0 Å². The topological polar surface area (TPSA) is 39.7 Å². The second-order valence-corrected chi connectivity index (χ2v) is 5.91. The Kier molecular flexibility index (Phi) is 10.2. The van der Waals surface area contributed by atoms with Crippen molar-refractivity contribution in [1.82, 2.24) is 15.5 Å². The molecule has 2 rings (SSSR count). The van der Waals surface area contributed by atoms with Crippen LogP contribution in [0.3, 0.4) is 0 Å². The lowest BCUT2D eigenvalue weighted by Crippen LogP contribution is -2.40. The first-order chi connectivity index (χ1) is 11.2. The van der Waals surface area contributed by atoms with Crippen LogP contribution in [0.1, 0.15) is 32.3 Å². The van der Waals surface area contributed by atoms with E-state index in [-0.39, 0.29) is 29.8 Å². The molecule has 1 heterocycles. The molecule has 0 saturated carbocycles. The fourth-order valence-corrected chi connectivity index (χ4v) is 3.07. The molecule has 1 aliphatic heterocycles. The lowest BCUT2D eigenvalue weighted by Gasteiger charge is -2.21. The molecule has 1 atom stereocenters. The molecule has 2 N–H and O–H groups in total. The van der Waals surface area contributed by atoms with Crippen molar-refractivity contribution in [3.63, 3.8) is 0 Å². The predicted molar refractivity (Wildman–Crippen MR) is 110 cm³/mol. The highest BCUT2D eigenvalue weighted by Gasteiger charge is 2.22. The minimum Gasteiger partial charge on any atom is -0.357 e. The van der Waals surface area contributed by atoms with Crippen molar-refractivity contribution in [2.45, 2.75) is 39.2 Å². The summed E-state index contributed by atoms with van der Waals surface area (Å²) >= 11 is 0. The van der Waals surface area contributed by atoms with Gasteiger partial charge in [0.1, 0.15) is 5.82 Å². The molecule has 1 fully saturated rings. The normalized spacial score (nSPS) is 18.3. The first-order valence-corrected chi connectivity index (χ1v) is 8.74. The Balaban J connectivity index is 0.00000288. The standard InChI is InChI=1S/C18H29FN4.HI/c1-3-20-18(22-14-16-9-7-13-23(16)4-2)21-12-11-15-8-5-6-10-17(15)19;/h5-6,8,10,16H,3-4,7,9,11-14H2,1-2H3,(H2,20,21,22);1H. The molecular weight excluding hydrogens is 418 g/mol. The van der Waals surface area contributed by atoms with E-state index in [1.54, 1.807) is 6.07 Å². The molecule has 1 aromatic rings. The Labute approximate surface area is 162 Å². The summed E-state index contributed by atoms with van der Waals surface area (Å²) in [5.41, 5.74) is 0.740.